The molecule has 1 rings (SSSR count). The number of nitrogens with one attached hydrogen (secondary N) is 1. The van der Waals surface area contributed by atoms with Gasteiger partial charge in [-0.2, -0.15) is 0 Å². The van der Waals surface area contributed by atoms with Gasteiger partial charge in [0.15, 0.2) is 0 Å². The van der Waals surface area contributed by atoms with Gasteiger partial charge in [-0.1, -0.05) is 13.3 Å². The minimum atomic E-state index is -0.547. The lowest BCUT2D eigenvalue weighted by molar-refractivity contribution is 0.0943. The second kappa shape index (κ2) is 8.00. The van der Waals surface area contributed by atoms with E-state index in [2.05, 4.69) is 12.2 Å². The van der Waals surface area contributed by atoms with Crippen LogP contribution in [-0.4, -0.2) is 23.4 Å². The zero-order valence-electron chi connectivity index (χ0n) is 11.0. The van der Waals surface area contributed by atoms with E-state index in [1.165, 1.54) is 6.07 Å². The van der Waals surface area contributed by atoms with Crippen molar-refractivity contribution in [2.24, 2.45) is 5.92 Å². The minimum Gasteiger partial charge on any atom is -0.507 e. The number of carbonyl (C=O) groups excluding carboxylic acids is 1. The van der Waals surface area contributed by atoms with Gasteiger partial charge in [0.2, 0.25) is 0 Å². The second-order valence-corrected chi connectivity index (χ2v) is 4.88. The van der Waals surface area contributed by atoms with Crippen molar-refractivity contribution in [3.8, 4) is 5.75 Å². The average molecular weight is 288 g/mol. The Morgan fingerprint density at radius 2 is 2.21 bits per heavy atom. The number of phenols is 1. The van der Waals surface area contributed by atoms with Crippen LogP contribution >= 0.6 is 11.6 Å². The van der Waals surface area contributed by atoms with Gasteiger partial charge in [0, 0.05) is 12.4 Å². The van der Waals surface area contributed by atoms with E-state index in [1.54, 1.807) is 0 Å². The smallest absolute Gasteiger partial charge is 0.255 e. The predicted octanol–water partition coefficient (Wildman–Crippen LogP) is 3.31. The largest absolute Gasteiger partial charge is 0.507 e. The van der Waals surface area contributed by atoms with Gasteiger partial charge in [-0.15, -0.1) is 11.6 Å². The molecular weight excluding hydrogens is 269 g/mol. The highest BCUT2D eigenvalue weighted by atomic mass is 35.5. The van der Waals surface area contributed by atoms with Crippen LogP contribution in [0.3, 0.4) is 0 Å². The molecule has 3 nitrogen and oxygen atoms in total. The van der Waals surface area contributed by atoms with Crippen LogP contribution in [0.2, 0.25) is 0 Å². The molecule has 1 aromatic rings. The van der Waals surface area contributed by atoms with Crippen LogP contribution in [-0.2, 0) is 0 Å². The molecule has 0 saturated carbocycles. The number of aromatic hydroxyl groups is 1. The van der Waals surface area contributed by atoms with E-state index in [0.29, 0.717) is 18.3 Å². The molecule has 19 heavy (non-hydrogen) atoms. The van der Waals surface area contributed by atoms with Crippen LogP contribution in [0.4, 0.5) is 4.39 Å². The van der Waals surface area contributed by atoms with Gasteiger partial charge in [-0.3, -0.25) is 4.79 Å². The van der Waals surface area contributed by atoms with Crippen molar-refractivity contribution in [3.63, 3.8) is 0 Å². The van der Waals surface area contributed by atoms with E-state index in [1.807, 2.05) is 0 Å². The van der Waals surface area contributed by atoms with E-state index >= 15 is 0 Å². The molecule has 1 aromatic carbocycles. The van der Waals surface area contributed by atoms with Crippen LogP contribution < -0.4 is 5.32 Å². The number of benzene rings is 1. The fourth-order valence-electron chi connectivity index (χ4n) is 1.93. The van der Waals surface area contributed by atoms with E-state index in [9.17, 15) is 14.3 Å². The summed E-state index contributed by atoms with van der Waals surface area (Å²) in [5, 5.41) is 12.2. The number of hydrogen-bond acceptors (Lipinski definition) is 2. The zero-order valence-corrected chi connectivity index (χ0v) is 11.7. The zero-order chi connectivity index (χ0) is 14.3. The first kappa shape index (κ1) is 15.8. The highest BCUT2D eigenvalue weighted by Crippen LogP contribution is 2.18. The van der Waals surface area contributed by atoms with Crippen molar-refractivity contribution >= 4 is 17.5 Å². The molecule has 1 atom stereocenters. The molecule has 0 aliphatic carbocycles. The molecule has 0 aromatic heterocycles. The Balaban J connectivity index is 2.61. The molecule has 0 spiro atoms. The number of amides is 1. The summed E-state index contributed by atoms with van der Waals surface area (Å²) >= 11 is 5.71. The van der Waals surface area contributed by atoms with Crippen LogP contribution in [0.5, 0.6) is 5.75 Å². The monoisotopic (exact) mass is 287 g/mol. The summed E-state index contributed by atoms with van der Waals surface area (Å²) in [5.74, 6) is -0.377. The first-order valence-electron chi connectivity index (χ1n) is 6.41. The Kier molecular flexibility index (Phi) is 6.64. The third-order valence-corrected chi connectivity index (χ3v) is 3.19. The minimum absolute atomic E-state index is 0.0406. The Hall–Kier alpha value is -1.29. The first-order chi connectivity index (χ1) is 9.08. The fourth-order valence-corrected chi connectivity index (χ4v) is 2.24. The number of alkyl halides is 1. The van der Waals surface area contributed by atoms with Gasteiger partial charge in [-0.25, -0.2) is 4.39 Å². The third kappa shape index (κ3) is 5.07. The Morgan fingerprint density at radius 3 is 2.84 bits per heavy atom. The molecule has 0 aliphatic heterocycles. The van der Waals surface area contributed by atoms with Gasteiger partial charge in [-0.05, 0) is 37.0 Å². The molecule has 1 amide bonds. The first-order valence-corrected chi connectivity index (χ1v) is 6.94. The highest BCUT2D eigenvalue weighted by molar-refractivity contribution is 6.17. The van der Waals surface area contributed by atoms with Crippen molar-refractivity contribution in [2.75, 3.05) is 12.4 Å². The van der Waals surface area contributed by atoms with Crippen LogP contribution in [0, 0.1) is 11.7 Å². The summed E-state index contributed by atoms with van der Waals surface area (Å²) < 4.78 is 13.0. The lowest BCUT2D eigenvalue weighted by Gasteiger charge is -2.15. The summed E-state index contributed by atoms with van der Waals surface area (Å²) in [6, 6.07) is 3.31. The van der Waals surface area contributed by atoms with E-state index in [0.717, 1.165) is 31.4 Å². The quantitative estimate of drug-likeness (QED) is 0.756. The second-order valence-electron chi connectivity index (χ2n) is 4.50. The van der Waals surface area contributed by atoms with E-state index in [4.69, 9.17) is 11.6 Å². The normalized spacial score (nSPS) is 12.2. The summed E-state index contributed by atoms with van der Waals surface area (Å²) in [6.45, 7) is 2.55. The predicted molar refractivity (Wildman–Crippen MR) is 74.1 cm³/mol. The molecule has 106 valence electrons. The van der Waals surface area contributed by atoms with Crippen LogP contribution in [0.25, 0.3) is 0 Å². The number of hydrogen-bond donors (Lipinski definition) is 2. The number of phenolic OH excluding ortho intramolecular Hbond substituents is 1. The Morgan fingerprint density at radius 1 is 1.47 bits per heavy atom. The van der Waals surface area contributed by atoms with Gasteiger partial charge in [0.1, 0.15) is 11.6 Å². The molecule has 0 saturated heterocycles. The van der Waals surface area contributed by atoms with Crippen molar-refractivity contribution in [2.45, 2.75) is 26.2 Å². The van der Waals surface area contributed by atoms with Crippen molar-refractivity contribution in [1.82, 2.24) is 5.32 Å². The molecule has 2 N–H and O–H groups in total. The van der Waals surface area contributed by atoms with Gasteiger partial charge in [0.05, 0.1) is 5.56 Å². The van der Waals surface area contributed by atoms with Crippen molar-refractivity contribution < 1.29 is 14.3 Å². The van der Waals surface area contributed by atoms with Crippen molar-refractivity contribution in [1.29, 1.82) is 0 Å². The molecule has 0 fully saturated rings. The molecular formula is C14H19ClFNO2. The fraction of sp³-hybridized carbons (Fsp3) is 0.500. The summed E-state index contributed by atoms with van der Waals surface area (Å²) in [7, 11) is 0. The number of carbonyl (C=O) groups is 1. The molecule has 5 heteroatoms. The summed E-state index contributed by atoms with van der Waals surface area (Å²) in [6.07, 6.45) is 2.82. The topological polar surface area (TPSA) is 49.3 Å². The average Bonchev–Trinajstić information content (AvgIpc) is 2.39. The molecule has 0 bridgehead atoms. The van der Waals surface area contributed by atoms with Crippen molar-refractivity contribution in [3.05, 3.63) is 29.6 Å². The van der Waals surface area contributed by atoms with E-state index in [-0.39, 0.29) is 11.3 Å². The maximum atomic E-state index is 13.0. The number of halogens is 2. The van der Waals surface area contributed by atoms with E-state index < -0.39 is 11.7 Å². The Bertz CT molecular complexity index is 420. The summed E-state index contributed by atoms with van der Waals surface area (Å²) in [5.41, 5.74) is -0.0406. The highest BCUT2D eigenvalue weighted by Gasteiger charge is 2.14. The molecule has 0 radical (unpaired) electrons. The maximum absolute atomic E-state index is 13.0. The van der Waals surface area contributed by atoms with Crippen LogP contribution in [0.15, 0.2) is 18.2 Å². The van der Waals surface area contributed by atoms with Gasteiger partial charge < -0.3 is 10.4 Å². The maximum Gasteiger partial charge on any atom is 0.255 e. The SMILES string of the molecule is CCCC(CCCl)CNC(=O)c1cc(F)ccc1O. The lowest BCUT2D eigenvalue weighted by Crippen LogP contribution is -2.29. The lowest BCUT2D eigenvalue weighted by atomic mass is 10.0. The Labute approximate surface area is 117 Å². The van der Waals surface area contributed by atoms with Crippen LogP contribution in [0.1, 0.15) is 36.5 Å². The molecule has 0 heterocycles. The van der Waals surface area contributed by atoms with Gasteiger partial charge in [0.25, 0.3) is 5.91 Å². The molecule has 1 unspecified atom stereocenters. The standard InChI is InChI=1S/C14H19ClFNO2/c1-2-3-10(6-7-15)9-17-14(19)12-8-11(16)4-5-13(12)18/h4-5,8,10,18H,2-3,6-7,9H2,1H3,(H,17,19). The summed E-state index contributed by atoms with van der Waals surface area (Å²) in [4.78, 5) is 11.9. The molecule has 0 aliphatic rings. The van der Waals surface area contributed by atoms with Gasteiger partial charge >= 0.3 is 0 Å². The third-order valence-electron chi connectivity index (χ3n) is 2.97. The number of rotatable bonds is 7.